The van der Waals surface area contributed by atoms with E-state index < -0.39 is 0 Å². The molecule has 0 aliphatic heterocycles. The van der Waals surface area contributed by atoms with Gasteiger partial charge in [0, 0.05) is 12.8 Å². The number of carbonyl (C=O) groups is 1. The minimum atomic E-state index is -0.298. The topological polar surface area (TPSA) is 98.7 Å². The molecule has 8 nitrogen and oxygen atoms in total. The monoisotopic (exact) mass is 412 g/mol. The number of fused-ring (bicyclic) bond motifs is 1. The quantitative estimate of drug-likeness (QED) is 0.291. The van der Waals surface area contributed by atoms with Crippen molar-refractivity contribution in [2.45, 2.75) is 11.3 Å². The second kappa shape index (κ2) is 7.56. The Morgan fingerprint density at radius 2 is 2.32 bits per heavy atom. The average Bonchev–Trinajstić information content (AvgIpc) is 3.41. The molecule has 0 saturated carbocycles. The standard InChI is InChI=1S/C18H16N6O2S2/c1-4-8-27-18-22-21-17(28-18)20-16(25)11-9-12(13-6-5-7-26-13)19-15-14(11)10(2)23-24(15)3/h4-7,9H,1,8H2,2-3H3,(H,20,21,25). The van der Waals surface area contributed by atoms with Crippen LogP contribution in [0.15, 0.2) is 45.9 Å². The van der Waals surface area contributed by atoms with E-state index in [2.05, 4.69) is 32.2 Å². The van der Waals surface area contributed by atoms with Gasteiger partial charge in [-0.15, -0.1) is 16.8 Å². The number of nitrogens with zero attached hydrogens (tertiary/aromatic N) is 5. The molecule has 0 atom stereocenters. The summed E-state index contributed by atoms with van der Waals surface area (Å²) in [7, 11) is 1.80. The molecule has 0 saturated heterocycles. The number of aromatic nitrogens is 5. The third-order valence-electron chi connectivity index (χ3n) is 3.94. The van der Waals surface area contributed by atoms with Gasteiger partial charge in [0.25, 0.3) is 5.91 Å². The predicted octanol–water partition coefficient (Wildman–Crippen LogP) is 3.92. The van der Waals surface area contributed by atoms with Crippen LogP contribution in [0.1, 0.15) is 16.1 Å². The van der Waals surface area contributed by atoms with Crippen LogP contribution in [-0.2, 0) is 7.05 Å². The molecule has 1 N–H and O–H groups in total. The summed E-state index contributed by atoms with van der Waals surface area (Å²) in [6.07, 6.45) is 3.36. The summed E-state index contributed by atoms with van der Waals surface area (Å²) in [6.45, 7) is 5.53. The van der Waals surface area contributed by atoms with Crippen LogP contribution >= 0.6 is 23.1 Å². The van der Waals surface area contributed by atoms with Crippen LogP contribution in [0, 0.1) is 6.92 Å². The van der Waals surface area contributed by atoms with Crippen molar-refractivity contribution in [2.75, 3.05) is 11.1 Å². The molecule has 0 fully saturated rings. The Balaban J connectivity index is 1.73. The third-order valence-corrected chi connectivity index (χ3v) is 5.91. The molecule has 142 valence electrons. The van der Waals surface area contributed by atoms with Gasteiger partial charge in [0.05, 0.1) is 22.9 Å². The molecule has 4 heterocycles. The van der Waals surface area contributed by atoms with Crippen LogP contribution in [-0.4, -0.2) is 36.6 Å². The molecule has 0 bridgehead atoms. The Kier molecular flexibility index (Phi) is 4.97. The molecule has 0 aliphatic carbocycles. The first-order chi connectivity index (χ1) is 13.6. The number of rotatable bonds is 6. The molecule has 0 radical (unpaired) electrons. The van der Waals surface area contributed by atoms with E-state index in [1.54, 1.807) is 42.3 Å². The summed E-state index contributed by atoms with van der Waals surface area (Å²) in [4.78, 5) is 17.7. The summed E-state index contributed by atoms with van der Waals surface area (Å²) in [5, 5.41) is 16.5. The van der Waals surface area contributed by atoms with Gasteiger partial charge in [0.2, 0.25) is 5.13 Å². The lowest BCUT2D eigenvalue weighted by Crippen LogP contribution is -2.13. The normalized spacial score (nSPS) is 11.1. The Morgan fingerprint density at radius 3 is 3.07 bits per heavy atom. The predicted molar refractivity (Wildman–Crippen MR) is 110 cm³/mol. The fraction of sp³-hybridized carbons (Fsp3) is 0.167. The van der Waals surface area contributed by atoms with Crippen LogP contribution in [0.25, 0.3) is 22.5 Å². The van der Waals surface area contributed by atoms with Gasteiger partial charge in [-0.05, 0) is 25.1 Å². The Bertz CT molecular complexity index is 1160. The highest BCUT2D eigenvalue weighted by Gasteiger charge is 2.21. The maximum absolute atomic E-state index is 13.0. The second-order valence-electron chi connectivity index (χ2n) is 5.87. The van der Waals surface area contributed by atoms with Crippen molar-refractivity contribution >= 4 is 45.2 Å². The second-order valence-corrected chi connectivity index (χ2v) is 8.11. The Labute approximate surface area is 168 Å². The number of hydrogen-bond acceptors (Lipinski definition) is 8. The maximum atomic E-state index is 13.0. The van der Waals surface area contributed by atoms with Crippen molar-refractivity contribution in [2.24, 2.45) is 7.05 Å². The van der Waals surface area contributed by atoms with Gasteiger partial charge in [-0.3, -0.25) is 14.8 Å². The van der Waals surface area contributed by atoms with Crippen molar-refractivity contribution < 1.29 is 9.21 Å². The minimum absolute atomic E-state index is 0.298. The zero-order valence-electron chi connectivity index (χ0n) is 15.2. The molecule has 4 aromatic rings. The van der Waals surface area contributed by atoms with Gasteiger partial charge in [0.1, 0.15) is 5.69 Å². The van der Waals surface area contributed by atoms with Gasteiger partial charge in [-0.25, -0.2) is 4.98 Å². The number of anilines is 1. The lowest BCUT2D eigenvalue weighted by molar-refractivity contribution is 0.102. The zero-order chi connectivity index (χ0) is 19.7. The number of nitrogens with one attached hydrogen (secondary N) is 1. The van der Waals surface area contributed by atoms with Gasteiger partial charge in [-0.1, -0.05) is 29.2 Å². The summed E-state index contributed by atoms with van der Waals surface area (Å²) >= 11 is 2.83. The Morgan fingerprint density at radius 1 is 1.46 bits per heavy atom. The third kappa shape index (κ3) is 3.43. The molecule has 0 unspecified atom stereocenters. The number of pyridine rings is 1. The molecule has 1 amide bonds. The number of aryl methyl sites for hydroxylation is 2. The van der Waals surface area contributed by atoms with Crippen molar-refractivity contribution in [3.05, 3.63) is 48.4 Å². The molecule has 28 heavy (non-hydrogen) atoms. The fourth-order valence-corrected chi connectivity index (χ4v) is 4.30. The van der Waals surface area contributed by atoms with Crippen LogP contribution in [0.2, 0.25) is 0 Å². The molecule has 4 aromatic heterocycles. The van der Waals surface area contributed by atoms with Gasteiger partial charge in [-0.2, -0.15) is 5.10 Å². The summed E-state index contributed by atoms with van der Waals surface area (Å²) in [5.41, 5.74) is 2.35. The lowest BCUT2D eigenvalue weighted by Gasteiger charge is -2.06. The van der Waals surface area contributed by atoms with E-state index in [0.717, 1.165) is 15.8 Å². The summed E-state index contributed by atoms with van der Waals surface area (Å²) in [6, 6.07) is 5.28. The van der Waals surface area contributed by atoms with Gasteiger partial charge >= 0.3 is 0 Å². The summed E-state index contributed by atoms with van der Waals surface area (Å²) in [5.74, 6) is 1.01. The van der Waals surface area contributed by atoms with Crippen molar-refractivity contribution in [1.29, 1.82) is 0 Å². The number of carbonyl (C=O) groups excluding carboxylic acids is 1. The molecule has 0 aliphatic rings. The molecule has 0 aromatic carbocycles. The number of hydrogen-bond donors (Lipinski definition) is 1. The van der Waals surface area contributed by atoms with E-state index >= 15 is 0 Å². The maximum Gasteiger partial charge on any atom is 0.258 e. The number of amides is 1. The first kappa shape index (κ1) is 18.4. The number of thioether (sulfide) groups is 1. The highest BCUT2D eigenvalue weighted by Crippen LogP contribution is 2.29. The minimum Gasteiger partial charge on any atom is -0.463 e. The van der Waals surface area contributed by atoms with Crippen LogP contribution in [0.3, 0.4) is 0 Å². The molecule has 10 heteroatoms. The van der Waals surface area contributed by atoms with E-state index in [9.17, 15) is 4.79 Å². The molecular formula is C18H16N6O2S2. The van der Waals surface area contributed by atoms with Crippen molar-refractivity contribution in [3.63, 3.8) is 0 Å². The van der Waals surface area contributed by atoms with E-state index in [0.29, 0.717) is 33.2 Å². The molecular weight excluding hydrogens is 396 g/mol. The van der Waals surface area contributed by atoms with Crippen molar-refractivity contribution in [1.82, 2.24) is 25.0 Å². The highest BCUT2D eigenvalue weighted by atomic mass is 32.2. The Hall–Kier alpha value is -2.98. The molecule has 4 rings (SSSR count). The first-order valence-corrected chi connectivity index (χ1v) is 10.1. The van der Waals surface area contributed by atoms with E-state index in [4.69, 9.17) is 4.42 Å². The van der Waals surface area contributed by atoms with Crippen LogP contribution < -0.4 is 5.32 Å². The average molecular weight is 413 g/mol. The van der Waals surface area contributed by atoms with Crippen LogP contribution in [0.4, 0.5) is 5.13 Å². The largest absolute Gasteiger partial charge is 0.463 e. The summed E-state index contributed by atoms with van der Waals surface area (Å²) < 4.78 is 7.88. The first-order valence-electron chi connectivity index (χ1n) is 8.33. The van der Waals surface area contributed by atoms with Crippen molar-refractivity contribution in [3.8, 4) is 11.5 Å². The van der Waals surface area contributed by atoms with E-state index in [1.165, 1.54) is 23.1 Å². The van der Waals surface area contributed by atoms with E-state index in [-0.39, 0.29) is 5.91 Å². The van der Waals surface area contributed by atoms with Gasteiger partial charge in [0.15, 0.2) is 15.7 Å². The zero-order valence-corrected chi connectivity index (χ0v) is 16.8. The lowest BCUT2D eigenvalue weighted by atomic mass is 10.1. The number of furan rings is 1. The molecule has 0 spiro atoms. The highest BCUT2D eigenvalue weighted by molar-refractivity contribution is 8.01. The van der Waals surface area contributed by atoms with Gasteiger partial charge < -0.3 is 4.42 Å². The smallest absolute Gasteiger partial charge is 0.258 e. The van der Waals surface area contributed by atoms with E-state index in [1.807, 2.05) is 6.92 Å². The fourth-order valence-electron chi connectivity index (χ4n) is 2.79. The SMILES string of the molecule is C=CCSc1nnc(NC(=O)c2cc(-c3ccco3)nc3c2c(C)nn3C)s1. The van der Waals surface area contributed by atoms with Crippen LogP contribution in [0.5, 0.6) is 0 Å².